The van der Waals surface area contributed by atoms with E-state index in [-0.39, 0.29) is 0 Å². The van der Waals surface area contributed by atoms with E-state index in [2.05, 4.69) is 35.8 Å². The quantitative estimate of drug-likeness (QED) is 0.510. The van der Waals surface area contributed by atoms with Gasteiger partial charge in [-0.25, -0.2) is 9.55 Å². The molecular weight excluding hydrogens is 172 g/mol. The minimum atomic E-state index is 1.17. The number of hydrogen-bond donors (Lipinski definition) is 1. The SMILES string of the molecule is CCCCCc1[nH]cc[n+]1CCCC. The lowest BCUT2D eigenvalue weighted by atomic mass is 10.2. The highest BCUT2D eigenvalue weighted by Crippen LogP contribution is 2.00. The molecule has 1 rings (SSSR count). The fourth-order valence-corrected chi connectivity index (χ4v) is 1.69. The van der Waals surface area contributed by atoms with Gasteiger partial charge in [-0.3, -0.25) is 0 Å². The molecule has 0 aromatic carbocycles. The predicted octanol–water partition coefficient (Wildman–Crippen LogP) is 2.84. The Kier molecular flexibility index (Phi) is 5.35. The molecule has 0 spiro atoms. The van der Waals surface area contributed by atoms with Gasteiger partial charge < -0.3 is 0 Å². The molecule has 0 unspecified atom stereocenters. The first-order chi connectivity index (χ1) is 6.88. The van der Waals surface area contributed by atoms with E-state index in [0.717, 1.165) is 0 Å². The molecule has 0 aliphatic carbocycles. The number of rotatable bonds is 7. The third kappa shape index (κ3) is 3.52. The van der Waals surface area contributed by atoms with E-state index in [9.17, 15) is 0 Å². The molecule has 0 saturated heterocycles. The van der Waals surface area contributed by atoms with Crippen LogP contribution in [0.3, 0.4) is 0 Å². The highest BCUT2D eigenvalue weighted by Gasteiger charge is 2.08. The molecule has 0 fully saturated rings. The minimum Gasteiger partial charge on any atom is -0.248 e. The van der Waals surface area contributed by atoms with Gasteiger partial charge >= 0.3 is 0 Å². The summed E-state index contributed by atoms with van der Waals surface area (Å²) in [6, 6.07) is 0. The monoisotopic (exact) mass is 195 g/mol. The summed E-state index contributed by atoms with van der Waals surface area (Å²) in [7, 11) is 0. The molecule has 14 heavy (non-hydrogen) atoms. The topological polar surface area (TPSA) is 19.7 Å². The summed E-state index contributed by atoms with van der Waals surface area (Å²) < 4.78 is 2.36. The average molecular weight is 195 g/mol. The van der Waals surface area contributed by atoms with Crippen LogP contribution in [0.25, 0.3) is 0 Å². The molecule has 1 N–H and O–H groups in total. The Labute approximate surface area is 87.4 Å². The summed E-state index contributed by atoms with van der Waals surface area (Å²) in [5, 5.41) is 0. The van der Waals surface area contributed by atoms with Crippen molar-refractivity contribution in [3.63, 3.8) is 0 Å². The molecule has 0 radical (unpaired) electrons. The zero-order valence-electron chi connectivity index (χ0n) is 9.55. The van der Waals surface area contributed by atoms with Crippen LogP contribution in [0, 0.1) is 0 Å². The van der Waals surface area contributed by atoms with Crippen LogP contribution in [0.15, 0.2) is 12.4 Å². The lowest BCUT2D eigenvalue weighted by molar-refractivity contribution is -0.703. The second-order valence-electron chi connectivity index (χ2n) is 3.91. The van der Waals surface area contributed by atoms with Crippen LogP contribution in [0.2, 0.25) is 0 Å². The second-order valence-corrected chi connectivity index (χ2v) is 3.91. The van der Waals surface area contributed by atoms with Crippen molar-refractivity contribution in [3.05, 3.63) is 18.2 Å². The molecular formula is C12H23N2+. The molecule has 80 valence electrons. The number of H-pyrrole nitrogens is 1. The van der Waals surface area contributed by atoms with Gasteiger partial charge in [-0.05, 0) is 12.8 Å². The summed E-state index contributed by atoms with van der Waals surface area (Å²) in [4.78, 5) is 3.34. The van der Waals surface area contributed by atoms with Gasteiger partial charge in [0, 0.05) is 6.42 Å². The van der Waals surface area contributed by atoms with Crippen LogP contribution < -0.4 is 4.57 Å². The molecule has 0 bridgehead atoms. The van der Waals surface area contributed by atoms with E-state index >= 15 is 0 Å². The van der Waals surface area contributed by atoms with Crippen LogP contribution in [0.5, 0.6) is 0 Å². The van der Waals surface area contributed by atoms with E-state index in [1.807, 2.05) is 0 Å². The number of imidazole rings is 1. The summed E-state index contributed by atoms with van der Waals surface area (Å²) in [5.41, 5.74) is 0. The number of hydrogen-bond acceptors (Lipinski definition) is 0. The molecule has 1 aromatic rings. The maximum absolute atomic E-state index is 3.34. The van der Waals surface area contributed by atoms with E-state index in [1.165, 1.54) is 50.9 Å². The first-order valence-corrected chi connectivity index (χ1v) is 5.94. The fraction of sp³-hybridized carbons (Fsp3) is 0.750. The molecule has 0 saturated carbocycles. The Morgan fingerprint density at radius 3 is 2.64 bits per heavy atom. The van der Waals surface area contributed by atoms with Crippen LogP contribution in [0.4, 0.5) is 0 Å². The minimum absolute atomic E-state index is 1.17. The number of aryl methyl sites for hydroxylation is 2. The molecule has 1 heterocycles. The van der Waals surface area contributed by atoms with Gasteiger partial charge in [0.15, 0.2) is 0 Å². The Bertz CT molecular complexity index is 240. The van der Waals surface area contributed by atoms with Crippen molar-refractivity contribution in [1.29, 1.82) is 0 Å². The van der Waals surface area contributed by atoms with Gasteiger partial charge in [0.1, 0.15) is 12.4 Å². The van der Waals surface area contributed by atoms with E-state index in [0.29, 0.717) is 0 Å². The lowest BCUT2D eigenvalue weighted by Crippen LogP contribution is -2.35. The fourth-order valence-electron chi connectivity index (χ4n) is 1.69. The highest BCUT2D eigenvalue weighted by molar-refractivity contribution is 4.77. The summed E-state index contributed by atoms with van der Waals surface area (Å²) >= 11 is 0. The molecule has 0 aliphatic heterocycles. The number of nitrogens with zero attached hydrogens (tertiary/aromatic N) is 1. The van der Waals surface area contributed by atoms with E-state index in [4.69, 9.17) is 0 Å². The van der Waals surface area contributed by atoms with Crippen molar-refractivity contribution in [2.24, 2.45) is 0 Å². The number of aromatic nitrogens is 2. The maximum atomic E-state index is 3.34. The lowest BCUT2D eigenvalue weighted by Gasteiger charge is -1.99. The molecule has 2 nitrogen and oxygen atoms in total. The third-order valence-electron chi connectivity index (χ3n) is 2.62. The zero-order chi connectivity index (χ0) is 10.2. The second kappa shape index (κ2) is 6.63. The average Bonchev–Trinajstić information content (AvgIpc) is 2.63. The van der Waals surface area contributed by atoms with Crippen molar-refractivity contribution in [2.45, 2.75) is 58.9 Å². The van der Waals surface area contributed by atoms with Crippen molar-refractivity contribution in [2.75, 3.05) is 0 Å². The van der Waals surface area contributed by atoms with Crippen molar-refractivity contribution in [1.82, 2.24) is 4.98 Å². The molecule has 2 heteroatoms. The van der Waals surface area contributed by atoms with E-state index in [1.54, 1.807) is 0 Å². The smallest absolute Gasteiger partial charge is 0.248 e. The normalized spacial score (nSPS) is 10.7. The standard InChI is InChI=1S/C12H22N2/c1-3-5-7-8-12-13-9-11-14(12)10-6-4-2/h9,11H,3-8,10H2,1-2H3/p+1. The molecule has 0 amide bonds. The van der Waals surface area contributed by atoms with Crippen molar-refractivity contribution < 1.29 is 4.57 Å². The first-order valence-electron chi connectivity index (χ1n) is 5.94. The zero-order valence-corrected chi connectivity index (χ0v) is 9.55. The number of aromatic amines is 1. The molecule has 0 atom stereocenters. The van der Waals surface area contributed by atoms with Crippen LogP contribution in [-0.4, -0.2) is 4.98 Å². The van der Waals surface area contributed by atoms with Crippen LogP contribution in [-0.2, 0) is 13.0 Å². The number of unbranched alkanes of at least 4 members (excludes halogenated alkanes) is 3. The largest absolute Gasteiger partial charge is 0.254 e. The van der Waals surface area contributed by atoms with Crippen molar-refractivity contribution in [3.8, 4) is 0 Å². The van der Waals surface area contributed by atoms with Gasteiger partial charge in [0.2, 0.25) is 0 Å². The van der Waals surface area contributed by atoms with Crippen LogP contribution >= 0.6 is 0 Å². The van der Waals surface area contributed by atoms with Crippen molar-refractivity contribution >= 4 is 0 Å². The number of nitrogens with one attached hydrogen (secondary N) is 1. The molecule has 1 aromatic heterocycles. The Morgan fingerprint density at radius 2 is 1.93 bits per heavy atom. The Hall–Kier alpha value is -0.790. The predicted molar refractivity (Wildman–Crippen MR) is 59.1 cm³/mol. The third-order valence-corrected chi connectivity index (χ3v) is 2.62. The van der Waals surface area contributed by atoms with Gasteiger partial charge in [-0.1, -0.05) is 33.1 Å². The summed E-state index contributed by atoms with van der Waals surface area (Å²) in [5.74, 6) is 1.40. The summed E-state index contributed by atoms with van der Waals surface area (Å²) in [6.45, 7) is 5.66. The van der Waals surface area contributed by atoms with Gasteiger partial charge in [0.05, 0.1) is 6.54 Å². The van der Waals surface area contributed by atoms with Gasteiger partial charge in [-0.15, -0.1) is 0 Å². The highest BCUT2D eigenvalue weighted by atomic mass is 15.1. The molecule has 0 aliphatic rings. The Morgan fingerprint density at radius 1 is 1.14 bits per heavy atom. The first kappa shape index (κ1) is 11.3. The van der Waals surface area contributed by atoms with Gasteiger partial charge in [-0.2, -0.15) is 0 Å². The van der Waals surface area contributed by atoms with Crippen LogP contribution in [0.1, 0.15) is 51.8 Å². The maximum Gasteiger partial charge on any atom is 0.254 e. The van der Waals surface area contributed by atoms with Gasteiger partial charge in [0.25, 0.3) is 5.82 Å². The summed E-state index contributed by atoms with van der Waals surface area (Å²) in [6.07, 6.45) is 11.9. The van der Waals surface area contributed by atoms with E-state index < -0.39 is 0 Å². The Balaban J connectivity index is 2.37.